The van der Waals surface area contributed by atoms with Crippen molar-refractivity contribution in [3.8, 4) is 17.2 Å². The molecule has 3 aromatic carbocycles. The summed E-state index contributed by atoms with van der Waals surface area (Å²) in [5, 5.41) is 11.4. The Morgan fingerprint density at radius 2 is 1.79 bits per heavy atom. The van der Waals surface area contributed by atoms with E-state index in [1.165, 1.54) is 9.58 Å². The predicted molar refractivity (Wildman–Crippen MR) is 146 cm³/mol. The molecule has 0 unspecified atom stereocenters. The molecule has 5 rings (SSSR count). The topological polar surface area (TPSA) is 108 Å². The molecule has 1 atom stereocenters. The predicted octanol–water partition coefficient (Wildman–Crippen LogP) is 3.90. The Hall–Kier alpha value is -4.60. The summed E-state index contributed by atoms with van der Waals surface area (Å²) in [5.41, 5.74) is 1.90. The number of nitrogens with one attached hydrogen (secondary N) is 1. The van der Waals surface area contributed by atoms with Gasteiger partial charge in [-0.2, -0.15) is 0 Å². The summed E-state index contributed by atoms with van der Waals surface area (Å²) < 4.78 is 18.5. The van der Waals surface area contributed by atoms with Gasteiger partial charge in [-0.3, -0.25) is 14.5 Å². The molecule has 0 spiro atoms. The summed E-state index contributed by atoms with van der Waals surface area (Å²) in [7, 11) is 1.56. The Morgan fingerprint density at radius 1 is 1.03 bits per heavy atom. The van der Waals surface area contributed by atoms with Crippen LogP contribution in [0.1, 0.15) is 32.4 Å². The number of carbonyl (C=O) groups is 2. The monoisotopic (exact) mass is 529 g/mol. The van der Waals surface area contributed by atoms with Crippen LogP contribution in [-0.4, -0.2) is 52.7 Å². The highest BCUT2D eigenvalue weighted by atomic mass is 16.6. The lowest BCUT2D eigenvalue weighted by atomic mass is 10.00. The lowest BCUT2D eigenvalue weighted by Crippen LogP contribution is -2.50. The van der Waals surface area contributed by atoms with E-state index in [2.05, 4.69) is 15.6 Å². The lowest BCUT2D eigenvalue weighted by Gasteiger charge is -2.34. The summed E-state index contributed by atoms with van der Waals surface area (Å²) >= 11 is 0. The van der Waals surface area contributed by atoms with Crippen LogP contribution in [0.15, 0.2) is 66.7 Å². The summed E-state index contributed by atoms with van der Waals surface area (Å²) in [6.45, 7) is 6.37. The Bertz CT molecular complexity index is 1510. The van der Waals surface area contributed by atoms with Gasteiger partial charge in [0, 0.05) is 17.3 Å². The van der Waals surface area contributed by atoms with Crippen LogP contribution in [-0.2, 0) is 16.1 Å². The molecule has 4 aromatic rings. The molecule has 1 aliphatic heterocycles. The van der Waals surface area contributed by atoms with Gasteiger partial charge < -0.3 is 19.5 Å². The second kappa shape index (κ2) is 10.6. The third-order valence-electron chi connectivity index (χ3n) is 6.19. The molecule has 0 saturated heterocycles. The molecule has 0 aliphatic carbocycles. The van der Waals surface area contributed by atoms with Gasteiger partial charge in [0.1, 0.15) is 37.1 Å². The van der Waals surface area contributed by atoms with Crippen LogP contribution < -0.4 is 24.4 Å². The summed E-state index contributed by atoms with van der Waals surface area (Å²) in [4.78, 5) is 29.6. The highest BCUT2D eigenvalue weighted by Crippen LogP contribution is 2.38. The fourth-order valence-electron chi connectivity index (χ4n) is 4.52. The van der Waals surface area contributed by atoms with Crippen molar-refractivity contribution in [3.63, 3.8) is 0 Å². The second-order valence-electron chi connectivity index (χ2n) is 10.2. The fourth-order valence-corrected chi connectivity index (χ4v) is 4.52. The molecule has 0 radical (unpaired) electrons. The fraction of sp³-hybridized carbons (Fsp3) is 0.310. The van der Waals surface area contributed by atoms with Gasteiger partial charge in [-0.1, -0.05) is 29.5 Å². The first-order valence-electron chi connectivity index (χ1n) is 12.7. The number of nitrogens with zero attached hydrogens (tertiary/aromatic N) is 4. The van der Waals surface area contributed by atoms with Crippen molar-refractivity contribution in [2.24, 2.45) is 0 Å². The van der Waals surface area contributed by atoms with Gasteiger partial charge in [-0.05, 0) is 62.7 Å². The second-order valence-corrected chi connectivity index (χ2v) is 10.2. The first kappa shape index (κ1) is 26.0. The van der Waals surface area contributed by atoms with Gasteiger partial charge >= 0.3 is 0 Å². The van der Waals surface area contributed by atoms with Crippen LogP contribution in [0.4, 0.5) is 5.69 Å². The lowest BCUT2D eigenvalue weighted by molar-refractivity contribution is -0.128. The number of carbonyl (C=O) groups excluding carboxylic acids is 2. The molecule has 0 fully saturated rings. The number of aromatic nitrogens is 3. The third-order valence-corrected chi connectivity index (χ3v) is 6.19. The highest BCUT2D eigenvalue weighted by Gasteiger charge is 2.35. The van der Waals surface area contributed by atoms with E-state index in [-0.39, 0.29) is 18.4 Å². The van der Waals surface area contributed by atoms with Crippen molar-refractivity contribution >= 4 is 28.5 Å². The van der Waals surface area contributed by atoms with Crippen molar-refractivity contribution < 1.29 is 23.8 Å². The minimum absolute atomic E-state index is 0.141. The number of hydrogen-bond donors (Lipinski definition) is 1. The number of rotatable bonds is 7. The number of para-hydroxylation sites is 1. The largest absolute Gasteiger partial charge is 0.497 e. The van der Waals surface area contributed by atoms with Crippen LogP contribution >= 0.6 is 0 Å². The van der Waals surface area contributed by atoms with Gasteiger partial charge in [0.2, 0.25) is 11.8 Å². The van der Waals surface area contributed by atoms with E-state index in [1.54, 1.807) is 49.6 Å². The SMILES string of the molecule is COc1cccc([C@H](C(=O)NC(C)(C)C)N(C(=O)Cn2nnc3ccccc32)c2ccc3c(c2)OCCO3)c1. The van der Waals surface area contributed by atoms with Gasteiger partial charge in [-0.25, -0.2) is 4.68 Å². The molecule has 10 heteroatoms. The number of benzene rings is 3. The van der Waals surface area contributed by atoms with E-state index in [0.717, 1.165) is 0 Å². The molecule has 1 N–H and O–H groups in total. The number of anilines is 1. The van der Waals surface area contributed by atoms with Crippen LogP contribution in [0.25, 0.3) is 11.0 Å². The maximum atomic E-state index is 14.2. The minimum Gasteiger partial charge on any atom is -0.497 e. The number of fused-ring (bicyclic) bond motifs is 2. The Balaban J connectivity index is 1.64. The summed E-state index contributed by atoms with van der Waals surface area (Å²) in [6, 6.07) is 18.8. The molecule has 1 aliphatic rings. The zero-order valence-corrected chi connectivity index (χ0v) is 22.4. The molecule has 1 aromatic heterocycles. The maximum Gasteiger partial charge on any atom is 0.249 e. The first-order chi connectivity index (χ1) is 18.7. The first-order valence-corrected chi connectivity index (χ1v) is 12.7. The van der Waals surface area contributed by atoms with Gasteiger partial charge in [0.15, 0.2) is 11.5 Å². The normalized spacial score (nSPS) is 13.5. The highest BCUT2D eigenvalue weighted by molar-refractivity contribution is 6.02. The molecule has 10 nitrogen and oxygen atoms in total. The average molecular weight is 530 g/mol. The minimum atomic E-state index is -1.02. The third kappa shape index (κ3) is 5.64. The molecular formula is C29H31N5O5. The van der Waals surface area contributed by atoms with E-state index >= 15 is 0 Å². The van der Waals surface area contributed by atoms with Crippen molar-refractivity contribution in [2.75, 3.05) is 25.2 Å². The van der Waals surface area contributed by atoms with E-state index in [4.69, 9.17) is 14.2 Å². The Labute approximate surface area is 226 Å². The van der Waals surface area contributed by atoms with Crippen LogP contribution in [0.3, 0.4) is 0 Å². The zero-order valence-electron chi connectivity index (χ0n) is 22.4. The number of ether oxygens (including phenoxy) is 3. The number of amides is 2. The van der Waals surface area contributed by atoms with Crippen LogP contribution in [0.5, 0.6) is 17.2 Å². The Kier molecular flexibility index (Phi) is 7.10. The molecule has 39 heavy (non-hydrogen) atoms. The van der Waals surface area contributed by atoms with Crippen molar-refractivity contribution in [1.29, 1.82) is 0 Å². The van der Waals surface area contributed by atoms with E-state index in [0.29, 0.717) is 52.7 Å². The molecule has 0 bridgehead atoms. The summed E-state index contributed by atoms with van der Waals surface area (Å²) in [6.07, 6.45) is 0. The molecule has 2 amide bonds. The molecule has 202 valence electrons. The van der Waals surface area contributed by atoms with Crippen LogP contribution in [0.2, 0.25) is 0 Å². The van der Waals surface area contributed by atoms with Gasteiger partial charge in [0.25, 0.3) is 0 Å². The quantitative estimate of drug-likeness (QED) is 0.387. The number of methoxy groups -OCH3 is 1. The zero-order chi connectivity index (χ0) is 27.6. The van der Waals surface area contributed by atoms with Crippen molar-refractivity contribution in [2.45, 2.75) is 38.9 Å². The van der Waals surface area contributed by atoms with E-state index in [9.17, 15) is 9.59 Å². The average Bonchev–Trinajstić information content (AvgIpc) is 3.33. The van der Waals surface area contributed by atoms with E-state index < -0.39 is 11.6 Å². The van der Waals surface area contributed by atoms with Gasteiger partial charge in [-0.15, -0.1) is 5.10 Å². The van der Waals surface area contributed by atoms with Crippen molar-refractivity contribution in [1.82, 2.24) is 20.3 Å². The molecular weight excluding hydrogens is 498 g/mol. The molecule has 2 heterocycles. The molecule has 0 saturated carbocycles. The Morgan fingerprint density at radius 3 is 2.56 bits per heavy atom. The number of hydrogen-bond acceptors (Lipinski definition) is 7. The van der Waals surface area contributed by atoms with Gasteiger partial charge in [0.05, 0.1) is 12.6 Å². The standard InChI is InChI=1S/C29H31N5O5/c1-29(2,3)30-28(36)27(19-8-7-9-21(16-19)37-4)34(20-12-13-24-25(17-20)39-15-14-38-24)26(35)18-33-23-11-6-5-10-22(23)31-32-33/h5-13,16-17,27H,14-15,18H2,1-4H3,(H,30,36)/t27-/m1/s1. The summed E-state index contributed by atoms with van der Waals surface area (Å²) in [5.74, 6) is 0.944. The van der Waals surface area contributed by atoms with E-state index in [1.807, 2.05) is 45.0 Å². The van der Waals surface area contributed by atoms with Crippen molar-refractivity contribution in [3.05, 3.63) is 72.3 Å². The van der Waals surface area contributed by atoms with Crippen LogP contribution in [0, 0.1) is 0 Å². The smallest absolute Gasteiger partial charge is 0.249 e. The maximum absolute atomic E-state index is 14.2.